The topological polar surface area (TPSA) is 58.6 Å². The number of nitrogens with one attached hydrogen (secondary N) is 1. The standard InChI is InChI=1S/C18H22Cl2N2O3/c1-10(2)7-8-25-17(23)15-11(3)22(4)18(24)21-16(15)12-5-6-13(19)14(20)9-12/h5-6,9-10,16H,7-8H2,1-4H3,(H,21,24)/t16-/m0/s1. The first-order valence-electron chi connectivity index (χ1n) is 8.09. The predicted molar refractivity (Wildman–Crippen MR) is 98.6 cm³/mol. The maximum Gasteiger partial charge on any atom is 0.338 e. The van der Waals surface area contributed by atoms with Gasteiger partial charge in [-0.1, -0.05) is 43.1 Å². The molecule has 0 bridgehead atoms. The molecule has 1 aliphatic rings. The first-order valence-corrected chi connectivity index (χ1v) is 8.85. The summed E-state index contributed by atoms with van der Waals surface area (Å²) in [5.41, 5.74) is 1.62. The number of hydrogen-bond acceptors (Lipinski definition) is 3. The average molecular weight is 385 g/mol. The van der Waals surface area contributed by atoms with Crippen LogP contribution in [0.4, 0.5) is 4.79 Å². The average Bonchev–Trinajstić information content (AvgIpc) is 2.54. The van der Waals surface area contributed by atoms with Crippen molar-refractivity contribution < 1.29 is 14.3 Å². The molecule has 5 nitrogen and oxygen atoms in total. The Hall–Kier alpha value is -1.72. The minimum atomic E-state index is -0.634. The molecule has 1 heterocycles. The van der Waals surface area contributed by atoms with Gasteiger partial charge in [0.25, 0.3) is 0 Å². The zero-order valence-electron chi connectivity index (χ0n) is 14.7. The summed E-state index contributed by atoms with van der Waals surface area (Å²) in [5.74, 6) is -0.0106. The van der Waals surface area contributed by atoms with Crippen molar-refractivity contribution >= 4 is 35.2 Å². The highest BCUT2D eigenvalue weighted by Crippen LogP contribution is 2.33. The molecule has 136 valence electrons. The maximum atomic E-state index is 12.7. The Kier molecular flexibility index (Phi) is 6.36. The van der Waals surface area contributed by atoms with Gasteiger partial charge in [-0.3, -0.25) is 0 Å². The van der Waals surface area contributed by atoms with Gasteiger partial charge in [-0.05, 0) is 37.0 Å². The lowest BCUT2D eigenvalue weighted by molar-refractivity contribution is -0.140. The Labute approximate surface area is 157 Å². The van der Waals surface area contributed by atoms with Crippen molar-refractivity contribution in [2.45, 2.75) is 33.2 Å². The molecule has 0 unspecified atom stereocenters. The predicted octanol–water partition coefficient (Wildman–Crippen LogP) is 4.55. The van der Waals surface area contributed by atoms with Crippen LogP contribution in [0.25, 0.3) is 0 Å². The number of nitrogens with zero attached hydrogens (tertiary/aromatic N) is 1. The Morgan fingerprint density at radius 1 is 1.32 bits per heavy atom. The van der Waals surface area contributed by atoms with Gasteiger partial charge in [-0.15, -0.1) is 0 Å². The third kappa shape index (κ3) is 4.47. The van der Waals surface area contributed by atoms with Crippen LogP contribution in [0, 0.1) is 5.92 Å². The van der Waals surface area contributed by atoms with Crippen molar-refractivity contribution in [3.8, 4) is 0 Å². The molecule has 2 amide bonds. The van der Waals surface area contributed by atoms with Crippen LogP contribution in [0.3, 0.4) is 0 Å². The fourth-order valence-electron chi connectivity index (χ4n) is 2.51. The van der Waals surface area contributed by atoms with Crippen molar-refractivity contribution in [3.05, 3.63) is 45.1 Å². The molecule has 1 aliphatic heterocycles. The summed E-state index contributed by atoms with van der Waals surface area (Å²) >= 11 is 12.1. The van der Waals surface area contributed by atoms with Crippen LogP contribution < -0.4 is 5.32 Å². The molecule has 7 heteroatoms. The molecule has 1 aromatic carbocycles. The SMILES string of the molecule is CC1=C(C(=O)OCCC(C)C)[C@H](c2ccc(Cl)c(Cl)c2)NC(=O)N1C. The van der Waals surface area contributed by atoms with Gasteiger partial charge in [0.05, 0.1) is 28.3 Å². The summed E-state index contributed by atoms with van der Waals surface area (Å²) in [6.07, 6.45) is 0.776. The molecule has 0 radical (unpaired) electrons. The van der Waals surface area contributed by atoms with Crippen molar-refractivity contribution in [1.29, 1.82) is 0 Å². The zero-order valence-corrected chi connectivity index (χ0v) is 16.2. The molecular formula is C18H22Cl2N2O3. The van der Waals surface area contributed by atoms with Crippen LogP contribution >= 0.6 is 23.2 Å². The number of halogens is 2. The molecule has 0 saturated carbocycles. The minimum Gasteiger partial charge on any atom is -0.462 e. The van der Waals surface area contributed by atoms with Crippen LogP contribution in [0.1, 0.15) is 38.8 Å². The molecule has 25 heavy (non-hydrogen) atoms. The highest BCUT2D eigenvalue weighted by molar-refractivity contribution is 6.42. The number of benzene rings is 1. The summed E-state index contributed by atoms with van der Waals surface area (Å²) in [7, 11) is 1.61. The van der Waals surface area contributed by atoms with Gasteiger partial charge in [0.1, 0.15) is 0 Å². The van der Waals surface area contributed by atoms with Crippen molar-refractivity contribution in [2.24, 2.45) is 5.92 Å². The van der Waals surface area contributed by atoms with Crippen LogP contribution in [-0.2, 0) is 9.53 Å². The normalized spacial score (nSPS) is 17.8. The van der Waals surface area contributed by atoms with E-state index < -0.39 is 12.0 Å². The molecule has 1 atom stereocenters. The first-order chi connectivity index (χ1) is 11.7. The fourth-order valence-corrected chi connectivity index (χ4v) is 2.81. The smallest absolute Gasteiger partial charge is 0.338 e. The van der Waals surface area contributed by atoms with E-state index in [1.54, 1.807) is 32.2 Å². The summed E-state index contributed by atoms with van der Waals surface area (Å²) < 4.78 is 5.42. The van der Waals surface area contributed by atoms with Crippen LogP contribution in [0.5, 0.6) is 0 Å². The Morgan fingerprint density at radius 2 is 2.00 bits per heavy atom. The van der Waals surface area contributed by atoms with E-state index in [1.807, 2.05) is 0 Å². The van der Waals surface area contributed by atoms with Gasteiger partial charge in [-0.25, -0.2) is 9.59 Å². The molecule has 2 rings (SSSR count). The third-order valence-electron chi connectivity index (χ3n) is 4.18. The number of carbonyl (C=O) groups excluding carboxylic acids is 2. The van der Waals surface area contributed by atoms with E-state index in [0.29, 0.717) is 39.4 Å². The number of carbonyl (C=O) groups is 2. The van der Waals surface area contributed by atoms with Gasteiger partial charge in [-0.2, -0.15) is 0 Å². The molecule has 0 aromatic heterocycles. The molecule has 1 N–H and O–H groups in total. The second kappa shape index (κ2) is 8.11. The highest BCUT2D eigenvalue weighted by atomic mass is 35.5. The van der Waals surface area contributed by atoms with E-state index in [9.17, 15) is 9.59 Å². The highest BCUT2D eigenvalue weighted by Gasteiger charge is 2.35. The van der Waals surface area contributed by atoms with Crippen molar-refractivity contribution in [3.63, 3.8) is 0 Å². The first kappa shape index (κ1) is 19.6. The number of amides is 2. The van der Waals surface area contributed by atoms with Crippen LogP contribution in [0.15, 0.2) is 29.5 Å². The number of ether oxygens (including phenoxy) is 1. The van der Waals surface area contributed by atoms with Crippen LogP contribution in [-0.4, -0.2) is 30.6 Å². The molecule has 0 fully saturated rings. The van der Waals surface area contributed by atoms with Crippen molar-refractivity contribution in [1.82, 2.24) is 10.2 Å². The lowest BCUT2D eigenvalue weighted by Gasteiger charge is -2.33. The zero-order chi connectivity index (χ0) is 18.7. The lowest BCUT2D eigenvalue weighted by Crippen LogP contribution is -2.46. The number of rotatable bonds is 5. The third-order valence-corrected chi connectivity index (χ3v) is 4.92. The minimum absolute atomic E-state index is 0.299. The van der Waals surface area contributed by atoms with E-state index in [0.717, 1.165) is 6.42 Å². The number of hydrogen-bond donors (Lipinski definition) is 1. The van der Waals surface area contributed by atoms with E-state index in [2.05, 4.69) is 19.2 Å². The summed E-state index contributed by atoms with van der Waals surface area (Å²) in [4.78, 5) is 26.2. The molecule has 0 saturated heterocycles. The number of urea groups is 1. The van der Waals surface area contributed by atoms with Crippen molar-refractivity contribution in [2.75, 3.05) is 13.7 Å². The fraction of sp³-hybridized carbons (Fsp3) is 0.444. The Morgan fingerprint density at radius 3 is 2.60 bits per heavy atom. The molecule has 1 aromatic rings. The Balaban J connectivity index is 2.36. The lowest BCUT2D eigenvalue weighted by atomic mass is 9.95. The molecular weight excluding hydrogens is 363 g/mol. The van der Waals surface area contributed by atoms with E-state index in [1.165, 1.54) is 4.90 Å². The quantitative estimate of drug-likeness (QED) is 0.757. The van der Waals surface area contributed by atoms with E-state index >= 15 is 0 Å². The largest absolute Gasteiger partial charge is 0.462 e. The maximum absolute atomic E-state index is 12.7. The second-order valence-electron chi connectivity index (χ2n) is 6.43. The summed E-state index contributed by atoms with van der Waals surface area (Å²) in [6, 6.07) is 4.09. The number of allylic oxidation sites excluding steroid dienone is 1. The van der Waals surface area contributed by atoms with E-state index in [-0.39, 0.29) is 6.03 Å². The Bertz CT molecular complexity index is 716. The molecule has 0 aliphatic carbocycles. The second-order valence-corrected chi connectivity index (χ2v) is 7.25. The van der Waals surface area contributed by atoms with Gasteiger partial charge in [0, 0.05) is 12.7 Å². The number of esters is 1. The monoisotopic (exact) mass is 384 g/mol. The van der Waals surface area contributed by atoms with Crippen LogP contribution in [0.2, 0.25) is 10.0 Å². The van der Waals surface area contributed by atoms with Gasteiger partial charge >= 0.3 is 12.0 Å². The van der Waals surface area contributed by atoms with E-state index in [4.69, 9.17) is 27.9 Å². The van der Waals surface area contributed by atoms with Gasteiger partial charge in [0.2, 0.25) is 0 Å². The van der Waals surface area contributed by atoms with Gasteiger partial charge < -0.3 is 15.0 Å². The summed E-state index contributed by atoms with van der Waals surface area (Å²) in [6.45, 7) is 6.18. The van der Waals surface area contributed by atoms with Gasteiger partial charge in [0.15, 0.2) is 0 Å². The molecule has 0 spiro atoms. The summed E-state index contributed by atoms with van der Waals surface area (Å²) in [5, 5.41) is 3.58.